The van der Waals surface area contributed by atoms with Crippen molar-refractivity contribution in [3.05, 3.63) is 25.3 Å². The molecule has 5 nitrogen and oxygen atoms in total. The minimum atomic E-state index is -0.756. The van der Waals surface area contributed by atoms with Gasteiger partial charge in [-0.2, -0.15) is 0 Å². The Hall–Kier alpha value is -2.17. The van der Waals surface area contributed by atoms with Gasteiger partial charge < -0.3 is 0 Å². The molecule has 16 heavy (non-hydrogen) atoms. The third kappa shape index (κ3) is 7.25. The van der Waals surface area contributed by atoms with E-state index >= 15 is 0 Å². The van der Waals surface area contributed by atoms with Crippen LogP contribution in [0.4, 0.5) is 4.79 Å². The van der Waals surface area contributed by atoms with Crippen LogP contribution >= 0.6 is 0 Å². The maximum Gasteiger partial charge on any atom is 0.366 e. The maximum absolute atomic E-state index is 10.9. The van der Waals surface area contributed by atoms with Crippen LogP contribution < -0.4 is 0 Å². The average molecular weight is 220 g/mol. The highest BCUT2D eigenvalue weighted by molar-refractivity contribution is 6.03. The standard InChI is InChI=1S/C11H12N2O3/c1-3-9(14)5-7-12-11(16)13-8-6-10(15)4-2/h3-4,7-8H,1-2,5-6H2. The van der Waals surface area contributed by atoms with E-state index in [4.69, 9.17) is 0 Å². The number of amides is 2. The van der Waals surface area contributed by atoms with E-state index in [1.54, 1.807) is 0 Å². The number of rotatable bonds is 6. The molecule has 84 valence electrons. The summed E-state index contributed by atoms with van der Waals surface area (Å²) in [5.74, 6) is -0.468. The van der Waals surface area contributed by atoms with Gasteiger partial charge in [-0.25, -0.2) is 14.8 Å². The van der Waals surface area contributed by atoms with Gasteiger partial charge in [0.15, 0.2) is 11.6 Å². The summed E-state index contributed by atoms with van der Waals surface area (Å²) in [6.07, 6.45) is 4.61. The third-order valence-electron chi connectivity index (χ3n) is 1.44. The molecule has 0 aliphatic rings. The molecule has 0 bridgehead atoms. The second-order valence-corrected chi connectivity index (χ2v) is 2.66. The lowest BCUT2D eigenvalue weighted by Crippen LogP contribution is -1.96. The van der Waals surface area contributed by atoms with Crippen molar-refractivity contribution in [1.82, 2.24) is 0 Å². The Balaban J connectivity index is 3.98. The van der Waals surface area contributed by atoms with Gasteiger partial charge >= 0.3 is 6.03 Å². The highest BCUT2D eigenvalue weighted by atomic mass is 16.2. The van der Waals surface area contributed by atoms with Crippen LogP contribution in [0.3, 0.4) is 0 Å². The van der Waals surface area contributed by atoms with Crippen molar-refractivity contribution in [1.29, 1.82) is 0 Å². The molecule has 0 radical (unpaired) electrons. The van der Waals surface area contributed by atoms with Gasteiger partial charge in [0.25, 0.3) is 0 Å². The number of hydrogen-bond acceptors (Lipinski definition) is 3. The molecule has 2 amide bonds. The Morgan fingerprint density at radius 2 is 1.25 bits per heavy atom. The van der Waals surface area contributed by atoms with Gasteiger partial charge in [-0.05, 0) is 12.2 Å². The van der Waals surface area contributed by atoms with Crippen LogP contribution in [0.15, 0.2) is 35.3 Å². The quantitative estimate of drug-likeness (QED) is 0.503. The molecule has 0 fully saturated rings. The molecular formula is C11H12N2O3. The fraction of sp³-hybridized carbons (Fsp3) is 0.182. The van der Waals surface area contributed by atoms with E-state index in [0.717, 1.165) is 24.6 Å². The summed E-state index contributed by atoms with van der Waals surface area (Å²) in [6, 6.07) is -0.756. The Bertz CT molecular complexity index is 333. The van der Waals surface area contributed by atoms with Crippen molar-refractivity contribution < 1.29 is 14.4 Å². The van der Waals surface area contributed by atoms with Crippen molar-refractivity contribution in [3.63, 3.8) is 0 Å². The first-order chi connectivity index (χ1) is 7.60. The van der Waals surface area contributed by atoms with Crippen LogP contribution in [0, 0.1) is 0 Å². The zero-order valence-corrected chi connectivity index (χ0v) is 8.76. The van der Waals surface area contributed by atoms with Crippen molar-refractivity contribution in [2.24, 2.45) is 9.98 Å². The molecule has 0 rings (SSSR count). The first-order valence-corrected chi connectivity index (χ1v) is 4.49. The number of allylic oxidation sites excluding steroid dienone is 2. The van der Waals surface area contributed by atoms with E-state index in [1.807, 2.05) is 0 Å². The van der Waals surface area contributed by atoms with Gasteiger partial charge in [0, 0.05) is 25.3 Å². The molecular weight excluding hydrogens is 208 g/mol. The van der Waals surface area contributed by atoms with Crippen molar-refractivity contribution in [3.8, 4) is 0 Å². The van der Waals surface area contributed by atoms with Crippen LogP contribution in [0.2, 0.25) is 0 Å². The van der Waals surface area contributed by atoms with E-state index in [-0.39, 0.29) is 24.4 Å². The number of carbonyl (C=O) groups is 3. The summed E-state index contributed by atoms with van der Waals surface area (Å²) < 4.78 is 0. The number of aliphatic imine (C=N–C) groups is 2. The molecule has 0 atom stereocenters. The number of urea groups is 1. The first-order valence-electron chi connectivity index (χ1n) is 4.49. The van der Waals surface area contributed by atoms with Gasteiger partial charge in [-0.15, -0.1) is 0 Å². The highest BCUT2D eigenvalue weighted by Gasteiger charge is 1.95. The topological polar surface area (TPSA) is 75.9 Å². The van der Waals surface area contributed by atoms with Crippen molar-refractivity contribution in [2.75, 3.05) is 0 Å². The minimum Gasteiger partial charge on any atom is -0.294 e. The maximum atomic E-state index is 10.9. The molecule has 0 aromatic rings. The molecule has 0 aromatic heterocycles. The van der Waals surface area contributed by atoms with Gasteiger partial charge in [0.05, 0.1) is 0 Å². The molecule has 0 N–H and O–H groups in total. The van der Waals surface area contributed by atoms with Crippen LogP contribution in [0.5, 0.6) is 0 Å². The Labute approximate surface area is 93.3 Å². The van der Waals surface area contributed by atoms with E-state index in [0.29, 0.717) is 0 Å². The minimum absolute atomic E-state index is 0.0103. The van der Waals surface area contributed by atoms with Crippen LogP contribution in [0.1, 0.15) is 12.8 Å². The molecule has 0 unspecified atom stereocenters. The van der Waals surface area contributed by atoms with Gasteiger partial charge in [-0.3, -0.25) is 9.59 Å². The average Bonchev–Trinajstić information content (AvgIpc) is 2.28. The number of nitrogens with zero attached hydrogens (tertiary/aromatic N) is 2. The molecule has 0 saturated heterocycles. The van der Waals surface area contributed by atoms with E-state index < -0.39 is 6.03 Å². The highest BCUT2D eigenvalue weighted by Crippen LogP contribution is 1.86. The summed E-state index contributed by atoms with van der Waals surface area (Å²) in [6.45, 7) is 6.53. The summed E-state index contributed by atoms with van der Waals surface area (Å²) in [7, 11) is 0. The molecule has 0 aliphatic heterocycles. The predicted molar refractivity (Wildman–Crippen MR) is 62.0 cm³/mol. The van der Waals surface area contributed by atoms with Crippen LogP contribution in [-0.4, -0.2) is 30.0 Å². The van der Waals surface area contributed by atoms with Gasteiger partial charge in [-0.1, -0.05) is 13.2 Å². The normalized spacial score (nSPS) is 10.5. The van der Waals surface area contributed by atoms with Crippen LogP contribution in [-0.2, 0) is 9.59 Å². The monoisotopic (exact) mass is 220 g/mol. The summed E-state index contributed by atoms with van der Waals surface area (Å²) in [5.41, 5.74) is 0. The van der Waals surface area contributed by atoms with Gasteiger partial charge in [0.1, 0.15) is 0 Å². The number of hydrogen-bond donors (Lipinski definition) is 0. The Morgan fingerprint density at radius 1 is 0.875 bits per heavy atom. The lowest BCUT2D eigenvalue weighted by atomic mass is 10.3. The predicted octanol–water partition coefficient (Wildman–Crippen LogP) is 1.54. The van der Waals surface area contributed by atoms with E-state index in [9.17, 15) is 14.4 Å². The molecule has 5 heteroatoms. The van der Waals surface area contributed by atoms with E-state index in [1.165, 1.54) is 0 Å². The largest absolute Gasteiger partial charge is 0.366 e. The fourth-order valence-electron chi connectivity index (χ4n) is 0.627. The van der Waals surface area contributed by atoms with Gasteiger partial charge in [0.2, 0.25) is 0 Å². The van der Waals surface area contributed by atoms with Crippen molar-refractivity contribution in [2.45, 2.75) is 12.8 Å². The lowest BCUT2D eigenvalue weighted by Gasteiger charge is -1.86. The third-order valence-corrected chi connectivity index (χ3v) is 1.44. The summed E-state index contributed by atoms with van der Waals surface area (Å²) in [5, 5.41) is 0. The number of carbonyl (C=O) groups excluding carboxylic acids is 3. The molecule has 0 heterocycles. The second-order valence-electron chi connectivity index (χ2n) is 2.66. The lowest BCUT2D eigenvalue weighted by molar-refractivity contribution is -0.114. The Morgan fingerprint density at radius 3 is 1.56 bits per heavy atom. The molecule has 0 aromatic carbocycles. The fourth-order valence-corrected chi connectivity index (χ4v) is 0.627. The SMILES string of the molecule is C=CC(=O)CC=NC(=O)N=CCC(=O)C=C. The second kappa shape index (κ2) is 8.16. The molecule has 0 saturated carbocycles. The zero-order chi connectivity index (χ0) is 12.4. The summed E-state index contributed by atoms with van der Waals surface area (Å²) in [4.78, 5) is 39.1. The van der Waals surface area contributed by atoms with Crippen LogP contribution in [0.25, 0.3) is 0 Å². The smallest absolute Gasteiger partial charge is 0.294 e. The first kappa shape index (κ1) is 13.8. The molecule has 0 spiro atoms. The Kier molecular flexibility index (Phi) is 7.06. The zero-order valence-electron chi connectivity index (χ0n) is 8.76. The number of ketones is 2. The van der Waals surface area contributed by atoms with E-state index in [2.05, 4.69) is 23.1 Å². The molecule has 0 aliphatic carbocycles. The summed E-state index contributed by atoms with van der Waals surface area (Å²) >= 11 is 0. The van der Waals surface area contributed by atoms with Crippen molar-refractivity contribution >= 4 is 30.0 Å².